The van der Waals surface area contributed by atoms with Gasteiger partial charge in [0.05, 0.1) is 30.4 Å². The molecule has 1 saturated heterocycles. The van der Waals surface area contributed by atoms with Gasteiger partial charge in [0.2, 0.25) is 0 Å². The third-order valence-corrected chi connectivity index (χ3v) is 6.36. The Kier molecular flexibility index (Phi) is 6.63. The molecule has 1 aliphatic heterocycles. The number of aryl methyl sites for hydroxylation is 1. The number of rotatable bonds is 5. The first-order valence-corrected chi connectivity index (χ1v) is 11.4. The molecule has 0 aromatic heterocycles. The molecule has 0 bridgehead atoms. The fourth-order valence-electron chi connectivity index (χ4n) is 4.48. The molecule has 1 amide bonds. The maximum absolute atomic E-state index is 13.7. The Morgan fingerprint density at radius 3 is 2.28 bits per heavy atom. The van der Waals surface area contributed by atoms with Crippen molar-refractivity contribution in [1.82, 2.24) is 0 Å². The van der Waals surface area contributed by atoms with Crippen LogP contribution in [0.25, 0.3) is 5.76 Å². The number of benzene rings is 3. The van der Waals surface area contributed by atoms with Crippen molar-refractivity contribution in [2.24, 2.45) is 0 Å². The number of hydrogen-bond donors (Lipinski definition) is 1. The zero-order valence-corrected chi connectivity index (χ0v) is 20.4. The van der Waals surface area contributed by atoms with Crippen molar-refractivity contribution in [2.45, 2.75) is 32.7 Å². The summed E-state index contributed by atoms with van der Waals surface area (Å²) in [6.07, 6.45) is 0. The van der Waals surface area contributed by atoms with Gasteiger partial charge in [-0.05, 0) is 78.1 Å². The molecule has 0 spiro atoms. The molecule has 6 nitrogen and oxygen atoms in total. The minimum atomic E-state index is -0.998. The molecule has 7 heteroatoms. The molecule has 4 rings (SSSR count). The number of carbonyl (C=O) groups is 2. The maximum Gasteiger partial charge on any atom is 0.300 e. The molecule has 1 N–H and O–H groups in total. The van der Waals surface area contributed by atoms with Crippen molar-refractivity contribution in [2.75, 3.05) is 12.0 Å². The highest BCUT2D eigenvalue weighted by atomic mass is 19.1. The zero-order valence-electron chi connectivity index (χ0n) is 20.4. The smallest absolute Gasteiger partial charge is 0.300 e. The Balaban J connectivity index is 1.97. The fraction of sp³-hybridized carbons (Fsp3) is 0.207. The second kappa shape index (κ2) is 9.67. The number of ketones is 1. The largest absolute Gasteiger partial charge is 0.507 e. The third-order valence-electron chi connectivity index (χ3n) is 6.36. The van der Waals surface area contributed by atoms with Crippen molar-refractivity contribution >= 4 is 23.1 Å². The van der Waals surface area contributed by atoms with Gasteiger partial charge in [0.25, 0.3) is 11.7 Å². The highest BCUT2D eigenvalue weighted by molar-refractivity contribution is 6.51. The second-order valence-electron chi connectivity index (χ2n) is 8.94. The van der Waals surface area contributed by atoms with Crippen LogP contribution in [0.15, 0.2) is 66.2 Å². The SMILES string of the molecule is COc1cc(C)c(/C(O)=C2\C(=O)C(=O)N(c3ccc(C#N)cc3)C2c2ccc(F)cc2)cc1C(C)C. The Hall–Kier alpha value is -4.44. The first-order chi connectivity index (χ1) is 17.2. The molecule has 1 aliphatic rings. The van der Waals surface area contributed by atoms with E-state index in [-0.39, 0.29) is 17.3 Å². The van der Waals surface area contributed by atoms with Gasteiger partial charge >= 0.3 is 0 Å². The molecule has 3 aromatic carbocycles. The number of aliphatic hydroxyl groups excluding tert-OH is 1. The van der Waals surface area contributed by atoms with Crippen molar-refractivity contribution in [3.05, 3.63) is 99.9 Å². The lowest BCUT2D eigenvalue weighted by molar-refractivity contribution is -0.132. The van der Waals surface area contributed by atoms with Crippen LogP contribution < -0.4 is 9.64 Å². The molecule has 0 radical (unpaired) electrons. The zero-order chi connectivity index (χ0) is 26.1. The lowest BCUT2D eigenvalue weighted by Gasteiger charge is -2.26. The van der Waals surface area contributed by atoms with Gasteiger partial charge in [0, 0.05) is 11.3 Å². The second-order valence-corrected chi connectivity index (χ2v) is 8.94. The minimum absolute atomic E-state index is 0.0704. The van der Waals surface area contributed by atoms with Gasteiger partial charge in [0.15, 0.2) is 0 Å². The highest BCUT2D eigenvalue weighted by Crippen LogP contribution is 2.43. The van der Waals surface area contributed by atoms with Gasteiger partial charge in [0.1, 0.15) is 17.3 Å². The van der Waals surface area contributed by atoms with E-state index in [1.54, 1.807) is 50.4 Å². The van der Waals surface area contributed by atoms with Gasteiger partial charge < -0.3 is 9.84 Å². The van der Waals surface area contributed by atoms with E-state index in [9.17, 15) is 19.1 Å². The predicted octanol–water partition coefficient (Wildman–Crippen LogP) is 5.76. The molecule has 0 saturated carbocycles. The molecule has 1 heterocycles. The van der Waals surface area contributed by atoms with Crippen LogP contribution in [0, 0.1) is 24.1 Å². The molecule has 1 atom stereocenters. The van der Waals surface area contributed by atoms with Crippen LogP contribution in [0.5, 0.6) is 5.75 Å². The molecular formula is C29H25FN2O4. The number of ether oxygens (including phenoxy) is 1. The van der Waals surface area contributed by atoms with E-state index >= 15 is 0 Å². The summed E-state index contributed by atoms with van der Waals surface area (Å²) in [6, 6.07) is 16.2. The molecular weight excluding hydrogens is 459 g/mol. The highest BCUT2D eigenvalue weighted by Gasteiger charge is 2.47. The number of aliphatic hydroxyl groups is 1. The van der Waals surface area contributed by atoms with Crippen molar-refractivity contribution in [3.8, 4) is 11.8 Å². The summed E-state index contributed by atoms with van der Waals surface area (Å²) in [5, 5.41) is 20.7. The lowest BCUT2D eigenvalue weighted by atomic mass is 9.91. The van der Waals surface area contributed by atoms with E-state index in [1.165, 1.54) is 29.2 Å². The Morgan fingerprint density at radius 2 is 1.72 bits per heavy atom. The van der Waals surface area contributed by atoms with E-state index in [1.807, 2.05) is 19.9 Å². The van der Waals surface area contributed by atoms with E-state index < -0.39 is 23.5 Å². The lowest BCUT2D eigenvalue weighted by Crippen LogP contribution is -2.29. The molecule has 0 aliphatic carbocycles. The quantitative estimate of drug-likeness (QED) is 0.282. The summed E-state index contributed by atoms with van der Waals surface area (Å²) >= 11 is 0. The molecule has 3 aromatic rings. The normalized spacial score (nSPS) is 16.9. The van der Waals surface area contributed by atoms with Gasteiger partial charge in [-0.15, -0.1) is 0 Å². The van der Waals surface area contributed by atoms with Gasteiger partial charge in [-0.1, -0.05) is 26.0 Å². The van der Waals surface area contributed by atoms with Crippen LogP contribution in [0.4, 0.5) is 10.1 Å². The number of hydrogen-bond acceptors (Lipinski definition) is 5. The number of amides is 1. The number of nitrogens with zero attached hydrogens (tertiary/aromatic N) is 2. The van der Waals surface area contributed by atoms with Crippen molar-refractivity contribution in [1.29, 1.82) is 5.26 Å². The van der Waals surface area contributed by atoms with Crippen LogP contribution in [0.1, 0.15) is 53.6 Å². The first kappa shape index (κ1) is 24.7. The average molecular weight is 485 g/mol. The van der Waals surface area contributed by atoms with Crippen LogP contribution in [0.3, 0.4) is 0 Å². The molecule has 1 fully saturated rings. The van der Waals surface area contributed by atoms with E-state index in [4.69, 9.17) is 10.00 Å². The number of anilines is 1. The predicted molar refractivity (Wildman–Crippen MR) is 134 cm³/mol. The Morgan fingerprint density at radius 1 is 1.08 bits per heavy atom. The summed E-state index contributed by atoms with van der Waals surface area (Å²) in [5.74, 6) is -1.74. The van der Waals surface area contributed by atoms with Crippen LogP contribution in [-0.2, 0) is 9.59 Å². The summed E-state index contributed by atoms with van der Waals surface area (Å²) in [4.78, 5) is 27.9. The summed E-state index contributed by atoms with van der Waals surface area (Å²) in [6.45, 7) is 5.75. The first-order valence-electron chi connectivity index (χ1n) is 11.4. The van der Waals surface area contributed by atoms with E-state index in [2.05, 4.69) is 0 Å². The number of methoxy groups -OCH3 is 1. The van der Waals surface area contributed by atoms with E-state index in [0.29, 0.717) is 33.7 Å². The standard InChI is InChI=1S/C29H25FN2O4/c1-16(2)22-14-23(17(3)13-24(22)36-4)27(33)25-26(19-7-9-20(30)10-8-19)32(29(35)28(25)34)21-11-5-18(15-31)6-12-21/h5-14,16,26,33H,1-4H3/b27-25+. The van der Waals surface area contributed by atoms with Gasteiger partial charge in [-0.2, -0.15) is 5.26 Å². The summed E-state index contributed by atoms with van der Waals surface area (Å²) in [5.41, 5.74) is 3.03. The average Bonchev–Trinajstić information content (AvgIpc) is 3.14. The van der Waals surface area contributed by atoms with Crippen LogP contribution >= 0.6 is 0 Å². The topological polar surface area (TPSA) is 90.6 Å². The van der Waals surface area contributed by atoms with Gasteiger partial charge in [-0.3, -0.25) is 14.5 Å². The van der Waals surface area contributed by atoms with Crippen molar-refractivity contribution in [3.63, 3.8) is 0 Å². The summed E-state index contributed by atoms with van der Waals surface area (Å²) in [7, 11) is 1.57. The van der Waals surface area contributed by atoms with Gasteiger partial charge in [-0.25, -0.2) is 4.39 Å². The van der Waals surface area contributed by atoms with Crippen LogP contribution in [-0.4, -0.2) is 23.9 Å². The molecule has 182 valence electrons. The number of carbonyl (C=O) groups excluding carboxylic acids is 2. The molecule has 1 unspecified atom stereocenters. The van der Waals surface area contributed by atoms with E-state index in [0.717, 1.165) is 5.56 Å². The Labute approximate surface area is 208 Å². The fourth-order valence-corrected chi connectivity index (χ4v) is 4.48. The number of Topliss-reactive ketones (excluding diaryl/α,β-unsaturated/α-hetero) is 1. The molecule has 36 heavy (non-hydrogen) atoms. The maximum atomic E-state index is 13.7. The van der Waals surface area contributed by atoms with Crippen molar-refractivity contribution < 1.29 is 23.8 Å². The van der Waals surface area contributed by atoms with Crippen LogP contribution in [0.2, 0.25) is 0 Å². The monoisotopic (exact) mass is 484 g/mol. The summed E-state index contributed by atoms with van der Waals surface area (Å²) < 4.78 is 19.2. The third kappa shape index (κ3) is 4.22. The number of halogens is 1. The Bertz CT molecular complexity index is 1420. The minimum Gasteiger partial charge on any atom is -0.507 e. The number of nitriles is 1.